The summed E-state index contributed by atoms with van der Waals surface area (Å²) in [6, 6.07) is 0. The topological polar surface area (TPSA) is 40.5 Å². The van der Waals surface area contributed by atoms with Crippen LogP contribution in [0.25, 0.3) is 0 Å². The van der Waals surface area contributed by atoms with E-state index in [-0.39, 0.29) is 12.0 Å². The van der Waals surface area contributed by atoms with Gasteiger partial charge in [0.25, 0.3) is 0 Å². The molecule has 1 aliphatic carbocycles. The average molecular weight is 304 g/mol. The highest BCUT2D eigenvalue weighted by atomic mass is 16.3. The van der Waals surface area contributed by atoms with Crippen LogP contribution in [0.3, 0.4) is 0 Å². The first-order chi connectivity index (χ1) is 10.3. The van der Waals surface area contributed by atoms with Crippen LogP contribution in [0.4, 0.5) is 0 Å². The third kappa shape index (κ3) is 5.94. The van der Waals surface area contributed by atoms with Crippen molar-refractivity contribution in [2.24, 2.45) is 5.41 Å². The van der Waals surface area contributed by atoms with Gasteiger partial charge in [0.05, 0.1) is 12.7 Å². The van der Waals surface area contributed by atoms with E-state index >= 15 is 0 Å². The molecular weight excluding hydrogens is 272 g/mol. The summed E-state index contributed by atoms with van der Waals surface area (Å²) in [5.41, 5.74) is 5.26. The molecule has 2 N–H and O–H groups in total. The molecule has 1 unspecified atom stereocenters. The van der Waals surface area contributed by atoms with Crippen molar-refractivity contribution in [2.75, 3.05) is 6.61 Å². The first kappa shape index (κ1) is 18.9. The van der Waals surface area contributed by atoms with Gasteiger partial charge in [-0.1, -0.05) is 54.9 Å². The Kier molecular flexibility index (Phi) is 7.31. The molecule has 0 spiro atoms. The number of hydrogen-bond donors (Lipinski definition) is 2. The molecule has 124 valence electrons. The van der Waals surface area contributed by atoms with Gasteiger partial charge in [0.15, 0.2) is 0 Å². The van der Waals surface area contributed by atoms with Crippen molar-refractivity contribution in [2.45, 2.75) is 66.4 Å². The maximum absolute atomic E-state index is 10.1. The predicted molar refractivity (Wildman–Crippen MR) is 94.7 cm³/mol. The van der Waals surface area contributed by atoms with Gasteiger partial charge in [0, 0.05) is 0 Å². The largest absolute Gasteiger partial charge is 0.392 e. The number of aliphatic hydroxyl groups excluding tert-OH is 2. The van der Waals surface area contributed by atoms with E-state index in [9.17, 15) is 5.11 Å². The van der Waals surface area contributed by atoms with Crippen LogP contribution in [-0.2, 0) is 0 Å². The maximum atomic E-state index is 10.1. The molecule has 0 radical (unpaired) electrons. The highest BCUT2D eigenvalue weighted by molar-refractivity contribution is 5.36. The van der Waals surface area contributed by atoms with E-state index in [4.69, 9.17) is 5.11 Å². The molecule has 0 aromatic rings. The smallest absolute Gasteiger partial charge is 0.0763 e. The van der Waals surface area contributed by atoms with E-state index in [1.54, 1.807) is 6.08 Å². The van der Waals surface area contributed by atoms with Crippen molar-refractivity contribution in [1.29, 1.82) is 0 Å². The standard InChI is InChI=1S/C20H32O2/c1-15(13-18(22)14-16(2)10-12-21)8-9-19-17(3)7-6-11-20(19,4)5/h8-10,13,18,21-22H,6-7,11-12,14H2,1-5H3/b9-8?,15-13?,16-10+. The second-order valence-electron chi connectivity index (χ2n) is 7.18. The molecule has 0 bridgehead atoms. The first-order valence-electron chi connectivity index (χ1n) is 8.27. The predicted octanol–water partition coefficient (Wildman–Crippen LogP) is 4.71. The van der Waals surface area contributed by atoms with Gasteiger partial charge in [-0.15, -0.1) is 0 Å². The molecule has 1 rings (SSSR count). The summed E-state index contributed by atoms with van der Waals surface area (Å²) in [5.74, 6) is 0. The molecule has 0 saturated carbocycles. The van der Waals surface area contributed by atoms with E-state index in [1.165, 1.54) is 30.4 Å². The summed E-state index contributed by atoms with van der Waals surface area (Å²) in [6.45, 7) is 10.8. The Hall–Kier alpha value is -1.12. The zero-order valence-electron chi connectivity index (χ0n) is 14.8. The highest BCUT2D eigenvalue weighted by Crippen LogP contribution is 2.40. The van der Waals surface area contributed by atoms with Crippen molar-refractivity contribution < 1.29 is 10.2 Å². The molecule has 1 aliphatic rings. The van der Waals surface area contributed by atoms with Crippen LogP contribution in [0, 0.1) is 5.41 Å². The second-order valence-corrected chi connectivity index (χ2v) is 7.18. The number of rotatable bonds is 6. The zero-order valence-corrected chi connectivity index (χ0v) is 14.8. The average Bonchev–Trinajstić information content (AvgIpc) is 2.37. The Labute approximate surface area is 135 Å². The molecule has 0 aromatic carbocycles. The van der Waals surface area contributed by atoms with Crippen LogP contribution in [0.1, 0.15) is 60.3 Å². The lowest BCUT2D eigenvalue weighted by Gasteiger charge is -2.33. The fraction of sp³-hybridized carbons (Fsp3) is 0.600. The summed E-state index contributed by atoms with van der Waals surface area (Å²) >= 11 is 0. The van der Waals surface area contributed by atoms with Gasteiger partial charge in [0.2, 0.25) is 0 Å². The fourth-order valence-corrected chi connectivity index (χ4v) is 3.21. The van der Waals surface area contributed by atoms with E-state index in [0.717, 1.165) is 11.1 Å². The van der Waals surface area contributed by atoms with Crippen molar-refractivity contribution >= 4 is 0 Å². The van der Waals surface area contributed by atoms with E-state index in [2.05, 4.69) is 32.9 Å². The SMILES string of the molecule is CC(C=CC1=C(C)CCCC1(C)C)=CC(O)C/C(C)=C/CO. The molecule has 0 amide bonds. The fourth-order valence-electron chi connectivity index (χ4n) is 3.21. The van der Waals surface area contributed by atoms with E-state index < -0.39 is 6.10 Å². The first-order valence-corrected chi connectivity index (χ1v) is 8.27. The van der Waals surface area contributed by atoms with Gasteiger partial charge >= 0.3 is 0 Å². The van der Waals surface area contributed by atoms with Crippen molar-refractivity contribution in [1.82, 2.24) is 0 Å². The van der Waals surface area contributed by atoms with Gasteiger partial charge in [-0.3, -0.25) is 0 Å². The van der Waals surface area contributed by atoms with Gasteiger partial charge in [-0.05, 0) is 57.4 Å². The van der Waals surface area contributed by atoms with Crippen LogP contribution in [-0.4, -0.2) is 22.9 Å². The Balaban J connectivity index is 2.76. The second kappa shape index (κ2) is 8.50. The van der Waals surface area contributed by atoms with Gasteiger partial charge in [0.1, 0.15) is 0 Å². The van der Waals surface area contributed by atoms with Crippen molar-refractivity contribution in [3.05, 3.63) is 46.6 Å². The number of hydrogen-bond acceptors (Lipinski definition) is 2. The van der Waals surface area contributed by atoms with E-state index in [0.29, 0.717) is 6.42 Å². The van der Waals surface area contributed by atoms with Gasteiger partial charge in [-0.2, -0.15) is 0 Å². The Bertz CT molecular complexity index is 490. The number of aliphatic hydroxyl groups is 2. The highest BCUT2D eigenvalue weighted by Gasteiger charge is 2.26. The minimum Gasteiger partial charge on any atom is -0.392 e. The Morgan fingerprint density at radius 2 is 2.00 bits per heavy atom. The summed E-state index contributed by atoms with van der Waals surface area (Å²) in [4.78, 5) is 0. The summed E-state index contributed by atoms with van der Waals surface area (Å²) in [6.07, 6.45) is 11.7. The Morgan fingerprint density at radius 1 is 1.32 bits per heavy atom. The van der Waals surface area contributed by atoms with Crippen LogP contribution in [0.15, 0.2) is 46.6 Å². The summed E-state index contributed by atoms with van der Waals surface area (Å²) < 4.78 is 0. The monoisotopic (exact) mass is 304 g/mol. The van der Waals surface area contributed by atoms with Crippen LogP contribution in [0.5, 0.6) is 0 Å². The third-order valence-corrected chi connectivity index (χ3v) is 4.48. The number of allylic oxidation sites excluding steroid dienone is 5. The lowest BCUT2D eigenvalue weighted by Crippen LogP contribution is -2.19. The van der Waals surface area contributed by atoms with Gasteiger partial charge in [-0.25, -0.2) is 0 Å². The lowest BCUT2D eigenvalue weighted by atomic mass is 9.72. The van der Waals surface area contributed by atoms with Crippen molar-refractivity contribution in [3.8, 4) is 0 Å². The normalized spacial score (nSPS) is 21.6. The molecule has 0 fully saturated rings. The molecular formula is C20H32O2. The van der Waals surface area contributed by atoms with Gasteiger partial charge < -0.3 is 10.2 Å². The molecule has 0 heterocycles. The summed E-state index contributed by atoms with van der Waals surface area (Å²) in [7, 11) is 0. The quantitative estimate of drug-likeness (QED) is 0.551. The van der Waals surface area contributed by atoms with Crippen LogP contribution < -0.4 is 0 Å². The molecule has 0 saturated heterocycles. The zero-order chi connectivity index (χ0) is 16.8. The Morgan fingerprint density at radius 3 is 2.59 bits per heavy atom. The molecule has 2 nitrogen and oxygen atoms in total. The molecule has 22 heavy (non-hydrogen) atoms. The molecule has 2 heteroatoms. The molecule has 0 aromatic heterocycles. The third-order valence-electron chi connectivity index (χ3n) is 4.48. The van der Waals surface area contributed by atoms with E-state index in [1.807, 2.05) is 19.9 Å². The van der Waals surface area contributed by atoms with Crippen molar-refractivity contribution in [3.63, 3.8) is 0 Å². The maximum Gasteiger partial charge on any atom is 0.0763 e. The molecule has 0 aliphatic heterocycles. The molecule has 1 atom stereocenters. The van der Waals surface area contributed by atoms with Crippen LogP contribution >= 0.6 is 0 Å². The summed E-state index contributed by atoms with van der Waals surface area (Å²) in [5, 5.41) is 18.9. The minimum atomic E-state index is -0.498. The lowest BCUT2D eigenvalue weighted by molar-refractivity contribution is 0.222. The minimum absolute atomic E-state index is 0.0314. The van der Waals surface area contributed by atoms with Crippen LogP contribution in [0.2, 0.25) is 0 Å².